The SMILES string of the molecule is O=C1CC(c2ccccc2)OC2=C1CCC=C2. The van der Waals surface area contributed by atoms with Gasteiger partial charge in [-0.2, -0.15) is 0 Å². The lowest BCUT2D eigenvalue weighted by Crippen LogP contribution is -2.21. The highest BCUT2D eigenvalue weighted by molar-refractivity contribution is 5.97. The Kier molecular flexibility index (Phi) is 2.56. The van der Waals surface area contributed by atoms with Crippen molar-refractivity contribution < 1.29 is 9.53 Å². The first-order valence-electron chi connectivity index (χ1n) is 5.99. The average Bonchev–Trinajstić information content (AvgIpc) is 2.40. The van der Waals surface area contributed by atoms with Crippen LogP contribution >= 0.6 is 0 Å². The molecule has 1 aromatic carbocycles. The van der Waals surface area contributed by atoms with Gasteiger partial charge in [-0.25, -0.2) is 0 Å². The molecule has 0 amide bonds. The van der Waals surface area contributed by atoms with Gasteiger partial charge in [0.25, 0.3) is 0 Å². The lowest BCUT2D eigenvalue weighted by Gasteiger charge is -2.28. The summed E-state index contributed by atoms with van der Waals surface area (Å²) in [6.07, 6.45) is 6.13. The first kappa shape index (κ1) is 10.3. The third kappa shape index (κ3) is 1.91. The second kappa shape index (κ2) is 4.21. The van der Waals surface area contributed by atoms with Gasteiger partial charge in [0.15, 0.2) is 5.78 Å². The number of ether oxygens (including phenoxy) is 1. The fraction of sp³-hybridized carbons (Fsp3) is 0.267. The second-order valence-corrected chi connectivity index (χ2v) is 4.43. The maximum atomic E-state index is 12.0. The summed E-state index contributed by atoms with van der Waals surface area (Å²) in [5.74, 6) is 1.02. The van der Waals surface area contributed by atoms with Gasteiger partial charge in [-0.1, -0.05) is 36.4 Å². The van der Waals surface area contributed by atoms with E-state index in [4.69, 9.17) is 4.74 Å². The van der Waals surface area contributed by atoms with E-state index in [1.165, 1.54) is 0 Å². The normalized spacial score (nSPS) is 23.3. The number of carbonyl (C=O) groups excluding carboxylic acids is 1. The van der Waals surface area contributed by atoms with Crippen molar-refractivity contribution in [3.8, 4) is 0 Å². The monoisotopic (exact) mass is 226 g/mol. The molecule has 3 rings (SSSR count). The van der Waals surface area contributed by atoms with E-state index < -0.39 is 0 Å². The molecule has 1 atom stereocenters. The Labute approximate surface area is 101 Å². The summed E-state index contributed by atoms with van der Waals surface area (Å²) in [6, 6.07) is 9.94. The molecule has 0 fully saturated rings. The molecule has 1 aliphatic heterocycles. The molecule has 1 unspecified atom stereocenters. The molecule has 1 heterocycles. The van der Waals surface area contributed by atoms with Gasteiger partial charge >= 0.3 is 0 Å². The van der Waals surface area contributed by atoms with Gasteiger partial charge in [-0.3, -0.25) is 4.79 Å². The van der Waals surface area contributed by atoms with Crippen LogP contribution in [-0.2, 0) is 9.53 Å². The van der Waals surface area contributed by atoms with E-state index in [9.17, 15) is 4.79 Å². The Bertz CT molecular complexity index is 497. The Morgan fingerprint density at radius 1 is 1.18 bits per heavy atom. The smallest absolute Gasteiger partial charge is 0.166 e. The Hall–Kier alpha value is -1.83. The number of carbonyl (C=O) groups is 1. The summed E-state index contributed by atoms with van der Waals surface area (Å²) in [6.45, 7) is 0. The van der Waals surface area contributed by atoms with Crippen molar-refractivity contribution in [2.24, 2.45) is 0 Å². The zero-order valence-corrected chi connectivity index (χ0v) is 9.56. The van der Waals surface area contributed by atoms with Crippen LogP contribution in [0.3, 0.4) is 0 Å². The van der Waals surface area contributed by atoms with Crippen LogP contribution in [0.15, 0.2) is 53.8 Å². The molecule has 2 heteroatoms. The lowest BCUT2D eigenvalue weighted by molar-refractivity contribution is -0.120. The van der Waals surface area contributed by atoms with Crippen LogP contribution in [0.5, 0.6) is 0 Å². The van der Waals surface area contributed by atoms with Gasteiger partial charge in [0.2, 0.25) is 0 Å². The fourth-order valence-corrected chi connectivity index (χ4v) is 2.37. The molecule has 0 saturated carbocycles. The number of Topliss-reactive ketones (excluding diaryl/α,β-unsaturated/α-hetero) is 1. The van der Waals surface area contributed by atoms with Gasteiger partial charge in [0.1, 0.15) is 11.9 Å². The molecule has 0 N–H and O–H groups in total. The number of hydrogen-bond acceptors (Lipinski definition) is 2. The number of allylic oxidation sites excluding steroid dienone is 3. The zero-order valence-electron chi connectivity index (χ0n) is 9.56. The third-order valence-corrected chi connectivity index (χ3v) is 3.28. The Morgan fingerprint density at radius 3 is 2.82 bits per heavy atom. The molecule has 0 spiro atoms. The van der Waals surface area contributed by atoms with Crippen LogP contribution < -0.4 is 0 Å². The van der Waals surface area contributed by atoms with Crippen LogP contribution in [0, 0.1) is 0 Å². The minimum atomic E-state index is -0.120. The molecule has 0 aromatic heterocycles. The van der Waals surface area contributed by atoms with Crippen molar-refractivity contribution >= 4 is 5.78 Å². The van der Waals surface area contributed by atoms with Crippen LogP contribution in [0.2, 0.25) is 0 Å². The Balaban J connectivity index is 1.91. The minimum Gasteiger partial charge on any atom is -0.485 e. The summed E-state index contributed by atoms with van der Waals surface area (Å²) in [4.78, 5) is 12.0. The molecule has 1 aliphatic carbocycles. The van der Waals surface area contributed by atoms with Crippen molar-refractivity contribution in [2.75, 3.05) is 0 Å². The van der Waals surface area contributed by atoms with E-state index in [2.05, 4.69) is 6.08 Å². The van der Waals surface area contributed by atoms with Crippen molar-refractivity contribution in [3.63, 3.8) is 0 Å². The van der Waals surface area contributed by atoms with E-state index in [0.29, 0.717) is 6.42 Å². The van der Waals surface area contributed by atoms with Crippen LogP contribution in [0.25, 0.3) is 0 Å². The summed E-state index contributed by atoms with van der Waals surface area (Å²) >= 11 is 0. The molecule has 0 radical (unpaired) electrons. The van der Waals surface area contributed by atoms with Crippen LogP contribution in [-0.4, -0.2) is 5.78 Å². The van der Waals surface area contributed by atoms with Crippen molar-refractivity contribution in [3.05, 3.63) is 59.4 Å². The average molecular weight is 226 g/mol. The van der Waals surface area contributed by atoms with Crippen molar-refractivity contribution in [1.82, 2.24) is 0 Å². The van der Waals surface area contributed by atoms with Gasteiger partial charge in [0, 0.05) is 5.57 Å². The maximum absolute atomic E-state index is 12.0. The second-order valence-electron chi connectivity index (χ2n) is 4.43. The van der Waals surface area contributed by atoms with Crippen molar-refractivity contribution in [1.29, 1.82) is 0 Å². The molecule has 2 nitrogen and oxygen atoms in total. The quantitative estimate of drug-likeness (QED) is 0.734. The van der Waals surface area contributed by atoms with Gasteiger partial charge in [0.05, 0.1) is 6.42 Å². The predicted octanol–water partition coefficient (Wildman–Crippen LogP) is 3.32. The summed E-state index contributed by atoms with van der Waals surface area (Å²) < 4.78 is 5.92. The molecule has 86 valence electrons. The topological polar surface area (TPSA) is 26.3 Å². The van der Waals surface area contributed by atoms with Crippen LogP contribution in [0.4, 0.5) is 0 Å². The van der Waals surface area contributed by atoms with Gasteiger partial charge in [-0.05, 0) is 24.5 Å². The standard InChI is InChI=1S/C15H14O2/c16-13-10-15(11-6-2-1-3-7-11)17-14-9-5-4-8-12(13)14/h1-3,5-7,9,15H,4,8,10H2. The highest BCUT2D eigenvalue weighted by atomic mass is 16.5. The summed E-state index contributed by atoms with van der Waals surface area (Å²) in [5.41, 5.74) is 1.95. The zero-order chi connectivity index (χ0) is 11.7. The van der Waals surface area contributed by atoms with E-state index in [1.807, 2.05) is 36.4 Å². The number of ketones is 1. The molecule has 17 heavy (non-hydrogen) atoms. The van der Waals surface area contributed by atoms with E-state index in [1.54, 1.807) is 0 Å². The largest absolute Gasteiger partial charge is 0.485 e. The number of hydrogen-bond donors (Lipinski definition) is 0. The predicted molar refractivity (Wildman–Crippen MR) is 65.3 cm³/mol. The first-order valence-corrected chi connectivity index (χ1v) is 5.99. The van der Waals surface area contributed by atoms with Crippen LogP contribution in [0.1, 0.15) is 30.9 Å². The fourth-order valence-electron chi connectivity index (χ4n) is 2.37. The molecule has 0 saturated heterocycles. The highest BCUT2D eigenvalue weighted by Crippen LogP contribution is 2.35. The third-order valence-electron chi connectivity index (χ3n) is 3.28. The molecular weight excluding hydrogens is 212 g/mol. The minimum absolute atomic E-state index is 0.120. The number of rotatable bonds is 1. The molecule has 1 aromatic rings. The molecule has 0 bridgehead atoms. The molecular formula is C15H14O2. The Morgan fingerprint density at radius 2 is 2.00 bits per heavy atom. The van der Waals surface area contributed by atoms with Gasteiger partial charge in [-0.15, -0.1) is 0 Å². The van der Waals surface area contributed by atoms with Gasteiger partial charge < -0.3 is 4.74 Å². The highest BCUT2D eigenvalue weighted by Gasteiger charge is 2.29. The van der Waals surface area contributed by atoms with E-state index >= 15 is 0 Å². The van der Waals surface area contributed by atoms with E-state index in [-0.39, 0.29) is 11.9 Å². The maximum Gasteiger partial charge on any atom is 0.166 e. The lowest BCUT2D eigenvalue weighted by atomic mass is 9.91. The summed E-state index contributed by atoms with van der Waals surface area (Å²) in [7, 11) is 0. The first-order chi connectivity index (χ1) is 8.34. The molecule has 2 aliphatic rings. The number of benzene rings is 1. The van der Waals surface area contributed by atoms with Crippen molar-refractivity contribution in [2.45, 2.75) is 25.4 Å². The van der Waals surface area contributed by atoms with E-state index in [0.717, 1.165) is 29.7 Å². The summed E-state index contributed by atoms with van der Waals surface area (Å²) in [5, 5.41) is 0.